The summed E-state index contributed by atoms with van der Waals surface area (Å²) >= 11 is 2.30. The highest BCUT2D eigenvalue weighted by molar-refractivity contribution is 14.1. The van der Waals surface area contributed by atoms with Gasteiger partial charge in [0, 0.05) is 49.0 Å². The number of likely N-dealkylation sites (tertiary alicyclic amines) is 1. The normalized spacial score (nSPS) is 28.3. The molecule has 0 aliphatic carbocycles. The van der Waals surface area contributed by atoms with E-state index in [1.807, 2.05) is 4.90 Å². The van der Waals surface area contributed by atoms with Gasteiger partial charge in [-0.15, -0.1) is 0 Å². The number of amides is 1. The van der Waals surface area contributed by atoms with Crippen molar-refractivity contribution in [3.05, 3.63) is 0 Å². The third kappa shape index (κ3) is 3.29. The lowest BCUT2D eigenvalue weighted by Gasteiger charge is -2.29. The summed E-state index contributed by atoms with van der Waals surface area (Å²) in [6, 6.07) is 0. The van der Waals surface area contributed by atoms with Gasteiger partial charge >= 0.3 is 0 Å². The minimum Gasteiger partial charge on any atom is -0.375 e. The first-order chi connectivity index (χ1) is 7.25. The highest BCUT2D eigenvalue weighted by Gasteiger charge is 2.25. The number of carbonyl (C=O) groups excluding carboxylic acids is 1. The van der Waals surface area contributed by atoms with Gasteiger partial charge in [0.25, 0.3) is 0 Å². The third-order valence-electron chi connectivity index (χ3n) is 2.95. The fraction of sp³-hybridized carbons (Fsp3) is 0.900. The molecule has 0 N–H and O–H groups in total. The summed E-state index contributed by atoms with van der Waals surface area (Å²) in [5, 5.41) is 0. The molecule has 0 aromatic carbocycles. The van der Waals surface area contributed by atoms with Crippen LogP contribution in [0, 0.1) is 0 Å². The number of ether oxygens (including phenoxy) is 1. The van der Waals surface area contributed by atoms with E-state index in [2.05, 4.69) is 26.0 Å². The maximum atomic E-state index is 11.8. The quantitative estimate of drug-likeness (QED) is 0.562. The SMILES string of the molecule is O=C(CC1CN(I)CCO1)N1CCCC1. The largest absolute Gasteiger partial charge is 0.375 e. The molecule has 1 unspecified atom stereocenters. The van der Waals surface area contributed by atoms with Gasteiger partial charge in [0.2, 0.25) is 5.91 Å². The Morgan fingerprint density at radius 1 is 1.33 bits per heavy atom. The zero-order valence-corrected chi connectivity index (χ0v) is 11.0. The molecule has 2 heterocycles. The molecule has 4 nitrogen and oxygen atoms in total. The van der Waals surface area contributed by atoms with Crippen molar-refractivity contribution >= 4 is 28.8 Å². The molecule has 0 aromatic heterocycles. The lowest BCUT2D eigenvalue weighted by atomic mass is 10.2. The second-order valence-corrected chi connectivity index (χ2v) is 5.52. The lowest BCUT2D eigenvalue weighted by Crippen LogP contribution is -2.40. The average Bonchev–Trinajstić information content (AvgIpc) is 2.70. The molecule has 15 heavy (non-hydrogen) atoms. The van der Waals surface area contributed by atoms with Gasteiger partial charge in [-0.25, -0.2) is 3.11 Å². The van der Waals surface area contributed by atoms with Gasteiger partial charge < -0.3 is 9.64 Å². The van der Waals surface area contributed by atoms with Crippen molar-refractivity contribution in [2.24, 2.45) is 0 Å². The van der Waals surface area contributed by atoms with Gasteiger partial charge in [-0.1, -0.05) is 0 Å². The highest BCUT2D eigenvalue weighted by Crippen LogP contribution is 2.15. The van der Waals surface area contributed by atoms with E-state index < -0.39 is 0 Å². The maximum absolute atomic E-state index is 11.8. The van der Waals surface area contributed by atoms with E-state index in [0.717, 1.165) is 45.6 Å². The summed E-state index contributed by atoms with van der Waals surface area (Å²) in [6.07, 6.45) is 2.98. The molecule has 0 saturated carbocycles. The summed E-state index contributed by atoms with van der Waals surface area (Å²) in [4.78, 5) is 13.8. The molecule has 2 saturated heterocycles. The summed E-state index contributed by atoms with van der Waals surface area (Å²) < 4.78 is 7.78. The zero-order chi connectivity index (χ0) is 10.7. The predicted molar refractivity (Wildman–Crippen MR) is 65.8 cm³/mol. The van der Waals surface area contributed by atoms with Crippen LogP contribution < -0.4 is 0 Å². The lowest BCUT2D eigenvalue weighted by molar-refractivity contribution is -0.134. The summed E-state index contributed by atoms with van der Waals surface area (Å²) in [6.45, 7) is 4.48. The van der Waals surface area contributed by atoms with Crippen molar-refractivity contribution in [1.29, 1.82) is 0 Å². The van der Waals surface area contributed by atoms with Crippen LogP contribution in [-0.2, 0) is 9.53 Å². The Bertz CT molecular complexity index is 231. The van der Waals surface area contributed by atoms with Crippen molar-refractivity contribution in [3.8, 4) is 0 Å². The molecule has 0 spiro atoms. The first-order valence-corrected chi connectivity index (χ1v) is 6.52. The van der Waals surface area contributed by atoms with Gasteiger partial charge in [-0.3, -0.25) is 4.79 Å². The molecule has 2 rings (SSSR count). The van der Waals surface area contributed by atoms with Crippen molar-refractivity contribution < 1.29 is 9.53 Å². The fourth-order valence-electron chi connectivity index (χ4n) is 2.10. The first-order valence-electron chi connectivity index (χ1n) is 5.56. The first kappa shape index (κ1) is 11.6. The number of carbonyl (C=O) groups is 1. The minimum absolute atomic E-state index is 0.101. The number of hydrogen-bond acceptors (Lipinski definition) is 3. The van der Waals surface area contributed by atoms with E-state index >= 15 is 0 Å². The molecule has 1 amide bonds. The van der Waals surface area contributed by atoms with Gasteiger partial charge in [0.05, 0.1) is 19.1 Å². The van der Waals surface area contributed by atoms with E-state index in [4.69, 9.17) is 4.74 Å². The summed E-state index contributed by atoms with van der Waals surface area (Å²) in [5.74, 6) is 0.268. The highest BCUT2D eigenvalue weighted by atomic mass is 127. The van der Waals surface area contributed by atoms with E-state index in [1.165, 1.54) is 0 Å². The number of halogens is 1. The molecular formula is C10H17IN2O2. The predicted octanol–water partition coefficient (Wildman–Crippen LogP) is 1.05. The second kappa shape index (κ2) is 5.45. The number of rotatable bonds is 2. The Morgan fingerprint density at radius 3 is 2.73 bits per heavy atom. The molecule has 2 aliphatic rings. The Kier molecular flexibility index (Phi) is 4.21. The van der Waals surface area contributed by atoms with Crippen LogP contribution >= 0.6 is 22.9 Å². The van der Waals surface area contributed by atoms with Crippen molar-refractivity contribution in [3.63, 3.8) is 0 Å². The van der Waals surface area contributed by atoms with Gasteiger partial charge in [0.15, 0.2) is 0 Å². The van der Waals surface area contributed by atoms with Crippen LogP contribution in [0.1, 0.15) is 19.3 Å². The molecular weight excluding hydrogens is 307 g/mol. The Balaban J connectivity index is 1.77. The third-order valence-corrected chi connectivity index (χ3v) is 3.83. The standard InChI is InChI=1S/C10H17IN2O2/c11-13-5-6-15-9(8-13)7-10(14)12-3-1-2-4-12/h9H,1-8H2. The van der Waals surface area contributed by atoms with Crippen LogP contribution in [0.15, 0.2) is 0 Å². The van der Waals surface area contributed by atoms with Crippen molar-refractivity contribution in [2.45, 2.75) is 25.4 Å². The van der Waals surface area contributed by atoms with Gasteiger partial charge in [-0.2, -0.15) is 0 Å². The fourth-order valence-corrected chi connectivity index (χ4v) is 2.73. The van der Waals surface area contributed by atoms with E-state index in [0.29, 0.717) is 6.42 Å². The van der Waals surface area contributed by atoms with Gasteiger partial charge in [0.1, 0.15) is 0 Å². The molecule has 0 aromatic rings. The van der Waals surface area contributed by atoms with Crippen LogP contribution in [0.2, 0.25) is 0 Å². The zero-order valence-electron chi connectivity index (χ0n) is 8.82. The van der Waals surface area contributed by atoms with E-state index in [1.54, 1.807) is 0 Å². The number of nitrogens with zero attached hydrogens (tertiary/aromatic N) is 2. The Labute approximate surface area is 104 Å². The molecule has 1 atom stereocenters. The molecule has 2 aliphatic heterocycles. The molecule has 0 radical (unpaired) electrons. The maximum Gasteiger partial charge on any atom is 0.225 e. The van der Waals surface area contributed by atoms with Crippen LogP contribution in [0.5, 0.6) is 0 Å². The van der Waals surface area contributed by atoms with Crippen molar-refractivity contribution in [1.82, 2.24) is 8.01 Å². The summed E-state index contributed by atoms with van der Waals surface area (Å²) in [5.41, 5.74) is 0. The Morgan fingerprint density at radius 2 is 2.07 bits per heavy atom. The second-order valence-electron chi connectivity index (χ2n) is 4.15. The van der Waals surface area contributed by atoms with Crippen LogP contribution in [0.25, 0.3) is 0 Å². The molecule has 0 bridgehead atoms. The Hall–Kier alpha value is 0.120. The van der Waals surface area contributed by atoms with Crippen LogP contribution in [-0.4, -0.2) is 52.8 Å². The molecule has 86 valence electrons. The van der Waals surface area contributed by atoms with E-state index in [-0.39, 0.29) is 12.0 Å². The smallest absolute Gasteiger partial charge is 0.225 e. The van der Waals surface area contributed by atoms with E-state index in [9.17, 15) is 4.79 Å². The minimum atomic E-state index is 0.101. The number of hydrogen-bond donors (Lipinski definition) is 0. The average molecular weight is 324 g/mol. The molecule has 2 fully saturated rings. The van der Waals surface area contributed by atoms with Gasteiger partial charge in [-0.05, 0) is 12.8 Å². The van der Waals surface area contributed by atoms with Crippen LogP contribution in [0.3, 0.4) is 0 Å². The van der Waals surface area contributed by atoms with Crippen molar-refractivity contribution in [2.75, 3.05) is 32.8 Å². The topological polar surface area (TPSA) is 32.8 Å². The summed E-state index contributed by atoms with van der Waals surface area (Å²) in [7, 11) is 0. The molecule has 5 heteroatoms. The van der Waals surface area contributed by atoms with Crippen LogP contribution in [0.4, 0.5) is 0 Å². The monoisotopic (exact) mass is 324 g/mol. The number of morpholine rings is 1.